The van der Waals surface area contributed by atoms with Crippen LogP contribution >= 0.6 is 0 Å². The molecule has 0 N–H and O–H groups in total. The van der Waals surface area contributed by atoms with E-state index in [-0.39, 0.29) is 0 Å². The van der Waals surface area contributed by atoms with Crippen molar-refractivity contribution >= 4 is 7.85 Å². The molecule has 3 aliphatic rings. The van der Waals surface area contributed by atoms with Gasteiger partial charge in [0.15, 0.2) is 0 Å². The molecule has 2 bridgehead atoms. The summed E-state index contributed by atoms with van der Waals surface area (Å²) in [5.41, 5.74) is 0. The van der Waals surface area contributed by atoms with Crippen molar-refractivity contribution in [3.63, 3.8) is 0 Å². The summed E-state index contributed by atoms with van der Waals surface area (Å²) in [5, 5.41) is 0. The fraction of sp³-hybridized carbons (Fsp3) is 1.00. The van der Waals surface area contributed by atoms with Gasteiger partial charge >= 0.3 is 0 Å². The van der Waals surface area contributed by atoms with Gasteiger partial charge in [-0.05, 0) is 32.4 Å². The minimum Gasteiger partial charge on any atom is -0.307 e. The lowest BCUT2D eigenvalue weighted by Gasteiger charge is -2.30. The maximum absolute atomic E-state index is 2.65. The predicted molar refractivity (Wildman–Crippen MR) is 49.6 cm³/mol. The van der Waals surface area contributed by atoms with E-state index in [1.54, 1.807) is 0 Å². The van der Waals surface area contributed by atoms with Gasteiger partial charge in [0.25, 0.3) is 0 Å². The molecule has 0 unspecified atom stereocenters. The standard InChI is InChI=1S/C8H17BN2/c9-7-11-6-5-10-3-1-8(11)2-4-10/h8H,1-7,9H2. The van der Waals surface area contributed by atoms with Gasteiger partial charge in [0, 0.05) is 19.1 Å². The summed E-state index contributed by atoms with van der Waals surface area (Å²) in [6, 6.07) is 0.916. The smallest absolute Gasteiger partial charge is 0.119 e. The number of piperidine rings is 1. The van der Waals surface area contributed by atoms with Crippen molar-refractivity contribution in [1.29, 1.82) is 0 Å². The van der Waals surface area contributed by atoms with Gasteiger partial charge in [0.1, 0.15) is 7.85 Å². The number of rotatable bonds is 1. The number of hydrogen-bond acceptors (Lipinski definition) is 2. The zero-order valence-corrected chi connectivity index (χ0v) is 7.42. The van der Waals surface area contributed by atoms with Crippen molar-refractivity contribution in [1.82, 2.24) is 9.80 Å². The van der Waals surface area contributed by atoms with E-state index in [1.807, 2.05) is 0 Å². The van der Waals surface area contributed by atoms with E-state index in [2.05, 4.69) is 17.6 Å². The summed E-state index contributed by atoms with van der Waals surface area (Å²) in [6.07, 6.45) is 4.07. The highest BCUT2D eigenvalue weighted by Crippen LogP contribution is 2.19. The van der Waals surface area contributed by atoms with E-state index < -0.39 is 0 Å². The van der Waals surface area contributed by atoms with Crippen LogP contribution in [0.1, 0.15) is 12.8 Å². The quantitative estimate of drug-likeness (QED) is 0.461. The highest BCUT2D eigenvalue weighted by atomic mass is 15.3. The van der Waals surface area contributed by atoms with E-state index in [0.717, 1.165) is 6.04 Å². The minimum absolute atomic E-state index is 0.916. The first-order valence-corrected chi connectivity index (χ1v) is 4.86. The monoisotopic (exact) mass is 152 g/mol. The lowest BCUT2D eigenvalue weighted by molar-refractivity contribution is 0.203. The van der Waals surface area contributed by atoms with E-state index >= 15 is 0 Å². The largest absolute Gasteiger partial charge is 0.307 e. The van der Waals surface area contributed by atoms with Crippen molar-refractivity contribution in [2.75, 3.05) is 32.6 Å². The summed E-state index contributed by atoms with van der Waals surface area (Å²) in [6.45, 7) is 5.31. The average molecular weight is 152 g/mol. The van der Waals surface area contributed by atoms with Crippen LogP contribution in [0.3, 0.4) is 0 Å². The van der Waals surface area contributed by atoms with Gasteiger partial charge in [-0.2, -0.15) is 0 Å². The van der Waals surface area contributed by atoms with E-state index in [0.29, 0.717) is 0 Å². The molecule has 0 aromatic heterocycles. The maximum Gasteiger partial charge on any atom is 0.119 e. The molecule has 0 saturated carbocycles. The average Bonchev–Trinajstić information content (AvgIpc) is 2.36. The van der Waals surface area contributed by atoms with Gasteiger partial charge in [-0.3, -0.25) is 0 Å². The van der Waals surface area contributed by atoms with Gasteiger partial charge < -0.3 is 9.80 Å². The second kappa shape index (κ2) is 3.15. The van der Waals surface area contributed by atoms with Crippen LogP contribution in [0.4, 0.5) is 0 Å². The van der Waals surface area contributed by atoms with E-state index in [1.165, 1.54) is 45.5 Å². The molecule has 3 saturated heterocycles. The molecule has 0 amide bonds. The summed E-state index contributed by atoms with van der Waals surface area (Å²) in [4.78, 5) is 5.25. The van der Waals surface area contributed by atoms with Gasteiger partial charge in [-0.25, -0.2) is 0 Å². The lowest BCUT2D eigenvalue weighted by atomic mass is 10.0. The number of hydrogen-bond donors (Lipinski definition) is 0. The topological polar surface area (TPSA) is 6.48 Å². The third-order valence-electron chi connectivity index (χ3n) is 3.18. The molecule has 2 nitrogen and oxygen atoms in total. The molecule has 0 aromatic carbocycles. The van der Waals surface area contributed by atoms with Crippen molar-refractivity contribution in [2.24, 2.45) is 0 Å². The Morgan fingerprint density at radius 2 is 1.82 bits per heavy atom. The van der Waals surface area contributed by atoms with Crippen molar-refractivity contribution < 1.29 is 0 Å². The fourth-order valence-electron chi connectivity index (χ4n) is 2.38. The molecule has 0 aromatic rings. The van der Waals surface area contributed by atoms with Gasteiger partial charge in [-0.1, -0.05) is 0 Å². The highest BCUT2D eigenvalue weighted by Gasteiger charge is 2.27. The van der Waals surface area contributed by atoms with Crippen LogP contribution < -0.4 is 0 Å². The molecule has 3 heteroatoms. The first-order chi connectivity index (χ1) is 5.40. The third-order valence-corrected chi connectivity index (χ3v) is 3.18. The molecule has 3 rings (SSSR count). The van der Waals surface area contributed by atoms with Gasteiger partial charge in [0.2, 0.25) is 0 Å². The Morgan fingerprint density at radius 1 is 1.09 bits per heavy atom. The summed E-state index contributed by atoms with van der Waals surface area (Å²) < 4.78 is 0. The number of nitrogens with zero attached hydrogens (tertiary/aromatic N) is 2. The second-order valence-corrected chi connectivity index (χ2v) is 3.70. The number of fused-ring (bicyclic) bond motifs is 4. The second-order valence-electron chi connectivity index (χ2n) is 3.70. The van der Waals surface area contributed by atoms with Crippen LogP contribution in [0, 0.1) is 0 Å². The third kappa shape index (κ3) is 1.45. The van der Waals surface area contributed by atoms with Crippen LogP contribution in [0.5, 0.6) is 0 Å². The van der Waals surface area contributed by atoms with Gasteiger partial charge in [0.05, 0.1) is 0 Å². The van der Waals surface area contributed by atoms with Crippen LogP contribution in [0.25, 0.3) is 0 Å². The molecule has 3 heterocycles. The molecular weight excluding hydrogens is 135 g/mol. The first kappa shape index (κ1) is 7.62. The van der Waals surface area contributed by atoms with Crippen LogP contribution in [0.15, 0.2) is 0 Å². The molecule has 0 aliphatic carbocycles. The summed E-state index contributed by atoms with van der Waals surface area (Å²) >= 11 is 0. The molecule has 0 radical (unpaired) electrons. The molecule has 11 heavy (non-hydrogen) atoms. The zero-order valence-electron chi connectivity index (χ0n) is 7.42. The van der Waals surface area contributed by atoms with E-state index in [4.69, 9.17) is 0 Å². The molecule has 3 aliphatic heterocycles. The predicted octanol–water partition coefficient (Wildman–Crippen LogP) is -0.643. The van der Waals surface area contributed by atoms with Crippen molar-refractivity contribution in [3.05, 3.63) is 0 Å². The minimum atomic E-state index is 0.916. The Balaban J connectivity index is 2.03. The zero-order chi connectivity index (χ0) is 7.68. The maximum atomic E-state index is 2.65. The summed E-state index contributed by atoms with van der Waals surface area (Å²) in [7, 11) is 2.29. The van der Waals surface area contributed by atoms with Crippen LogP contribution in [0.2, 0.25) is 0 Å². The van der Waals surface area contributed by atoms with Crippen LogP contribution in [-0.2, 0) is 0 Å². The molecule has 62 valence electrons. The van der Waals surface area contributed by atoms with Crippen molar-refractivity contribution in [3.8, 4) is 0 Å². The summed E-state index contributed by atoms with van der Waals surface area (Å²) in [5.74, 6) is 0. The van der Waals surface area contributed by atoms with Crippen molar-refractivity contribution in [2.45, 2.75) is 18.9 Å². The molecular formula is C8H17BN2. The Bertz CT molecular complexity index is 132. The highest BCUT2D eigenvalue weighted by molar-refractivity contribution is 6.08. The van der Waals surface area contributed by atoms with E-state index in [9.17, 15) is 0 Å². The molecule has 0 spiro atoms. The lowest BCUT2D eigenvalue weighted by Crippen LogP contribution is -2.38. The Kier molecular flexibility index (Phi) is 2.19. The molecule has 3 fully saturated rings. The van der Waals surface area contributed by atoms with Crippen LogP contribution in [-0.4, -0.2) is 56.3 Å². The fourth-order valence-corrected chi connectivity index (χ4v) is 2.38. The Morgan fingerprint density at radius 3 is 2.45 bits per heavy atom. The Hall–Kier alpha value is -0.0151. The molecule has 0 atom stereocenters. The Labute approximate surface area is 70.0 Å². The SMILES string of the molecule is BCN1CCN2CCC1CC2. The normalized spacial score (nSPS) is 38.9. The van der Waals surface area contributed by atoms with Gasteiger partial charge in [-0.15, -0.1) is 0 Å². The first-order valence-electron chi connectivity index (χ1n) is 4.86.